The van der Waals surface area contributed by atoms with Crippen molar-refractivity contribution in [2.24, 2.45) is 0 Å². The van der Waals surface area contributed by atoms with Crippen molar-refractivity contribution in [2.45, 2.75) is 58.8 Å². The van der Waals surface area contributed by atoms with E-state index in [2.05, 4.69) is 56.9 Å². The molecule has 0 saturated heterocycles. The lowest BCUT2D eigenvalue weighted by atomic mass is 9.96. The van der Waals surface area contributed by atoms with Crippen molar-refractivity contribution in [3.05, 3.63) is 65.4 Å². The number of carbonyl (C=O) groups is 1. The Morgan fingerprint density at radius 3 is 2.73 bits per heavy atom. The summed E-state index contributed by atoms with van der Waals surface area (Å²) in [6.07, 6.45) is 4.85. The molecule has 214 valence electrons. The highest BCUT2D eigenvalue weighted by atomic mass is 16.5. The van der Waals surface area contributed by atoms with E-state index < -0.39 is 0 Å². The van der Waals surface area contributed by atoms with Crippen LogP contribution in [0.4, 0.5) is 0 Å². The number of aryl methyl sites for hydroxylation is 1. The zero-order chi connectivity index (χ0) is 28.7. The van der Waals surface area contributed by atoms with E-state index >= 15 is 0 Å². The third kappa shape index (κ3) is 5.09. The summed E-state index contributed by atoms with van der Waals surface area (Å²) in [5.74, 6) is 0.0703. The second-order valence-electron chi connectivity index (χ2n) is 11.7. The van der Waals surface area contributed by atoms with Gasteiger partial charge in [-0.05, 0) is 81.7 Å². The predicted molar refractivity (Wildman–Crippen MR) is 164 cm³/mol. The molecule has 0 unspecified atom stereocenters. The minimum absolute atomic E-state index is 0.135. The van der Waals surface area contributed by atoms with Crippen molar-refractivity contribution in [1.82, 2.24) is 14.5 Å². The first-order valence-electron chi connectivity index (χ1n) is 14.6. The van der Waals surface area contributed by atoms with E-state index in [1.807, 2.05) is 34.1 Å². The molecular weight excluding hydrogens is 514 g/mol. The van der Waals surface area contributed by atoms with Crippen molar-refractivity contribution < 1.29 is 19.4 Å². The molecule has 7 heteroatoms. The molecule has 0 spiro atoms. The van der Waals surface area contributed by atoms with Gasteiger partial charge in [0, 0.05) is 52.8 Å². The van der Waals surface area contributed by atoms with E-state index in [1.54, 1.807) is 0 Å². The van der Waals surface area contributed by atoms with E-state index in [4.69, 9.17) is 9.47 Å². The van der Waals surface area contributed by atoms with Gasteiger partial charge in [-0.25, -0.2) is 0 Å². The van der Waals surface area contributed by atoms with E-state index in [-0.39, 0.29) is 18.0 Å². The first-order chi connectivity index (χ1) is 19.8. The van der Waals surface area contributed by atoms with Gasteiger partial charge in [0.25, 0.3) is 0 Å². The predicted octanol–water partition coefficient (Wildman–Crippen LogP) is 6.75. The van der Waals surface area contributed by atoms with Gasteiger partial charge in [0.05, 0.1) is 30.2 Å². The summed E-state index contributed by atoms with van der Waals surface area (Å²) in [6, 6.07) is 15.1. The van der Waals surface area contributed by atoms with Gasteiger partial charge in [0.1, 0.15) is 0 Å². The first-order valence-corrected chi connectivity index (χ1v) is 14.6. The number of carbonyl (C=O) groups excluding carboxylic acids is 1. The number of aromatic amines is 1. The summed E-state index contributed by atoms with van der Waals surface area (Å²) in [6.45, 7) is 6.62. The Bertz CT molecular complexity index is 1740. The van der Waals surface area contributed by atoms with Crippen LogP contribution in [0.25, 0.3) is 43.7 Å². The molecule has 0 aliphatic heterocycles. The number of fused-ring (bicyclic) bond motifs is 10. The molecule has 0 amide bonds. The molecule has 7 nitrogen and oxygen atoms in total. The molecule has 2 aromatic heterocycles. The molecule has 1 aliphatic rings. The van der Waals surface area contributed by atoms with Crippen LogP contribution in [-0.4, -0.2) is 58.9 Å². The summed E-state index contributed by atoms with van der Waals surface area (Å²) in [7, 11) is 4.02. The molecule has 2 N–H and O–H groups in total. The van der Waals surface area contributed by atoms with Crippen molar-refractivity contribution in [2.75, 3.05) is 27.2 Å². The molecule has 0 fully saturated rings. The Hall–Kier alpha value is -3.81. The number of nitrogens with one attached hydrogen (secondary N) is 1. The standard InChI is InChI=1S/C34H39N3O4/c1-21(2)41-20-22-12-13-28-25(17-22)31-27-19-35-34(39)32(27)30-24-10-6-5-9-23(24)18-26(30)33(31)37(28)15-8-16-40-29(38)11-7-14-36(3)4/h5-6,9-10,12-13,17,19,21,35,39H,7-8,11,14-16,18,20H2,1-4H3. The van der Waals surface area contributed by atoms with E-state index in [0.717, 1.165) is 64.1 Å². The summed E-state index contributed by atoms with van der Waals surface area (Å²) in [4.78, 5) is 17.5. The third-order valence-electron chi connectivity index (χ3n) is 8.11. The van der Waals surface area contributed by atoms with Crippen LogP contribution in [0, 0.1) is 0 Å². The average molecular weight is 554 g/mol. The van der Waals surface area contributed by atoms with E-state index in [9.17, 15) is 9.90 Å². The number of hydrogen-bond donors (Lipinski definition) is 2. The lowest BCUT2D eigenvalue weighted by Gasteiger charge is -2.13. The Kier molecular flexibility index (Phi) is 7.49. The number of esters is 1. The topological polar surface area (TPSA) is 79.7 Å². The van der Waals surface area contributed by atoms with Crippen LogP contribution in [0.1, 0.15) is 49.8 Å². The molecule has 2 heterocycles. The van der Waals surface area contributed by atoms with Crippen LogP contribution in [0.15, 0.2) is 48.7 Å². The van der Waals surface area contributed by atoms with Gasteiger partial charge < -0.3 is 29.0 Å². The highest BCUT2D eigenvalue weighted by molar-refractivity contribution is 6.27. The molecule has 0 bridgehead atoms. The number of hydrogen-bond acceptors (Lipinski definition) is 5. The van der Waals surface area contributed by atoms with Gasteiger partial charge in [-0.2, -0.15) is 0 Å². The van der Waals surface area contributed by atoms with Crippen molar-refractivity contribution in [3.8, 4) is 17.0 Å². The van der Waals surface area contributed by atoms with Crippen LogP contribution in [-0.2, 0) is 33.8 Å². The molecule has 0 radical (unpaired) electrons. The smallest absolute Gasteiger partial charge is 0.305 e. The molecule has 41 heavy (non-hydrogen) atoms. The molecule has 6 rings (SSSR count). The Morgan fingerprint density at radius 2 is 1.93 bits per heavy atom. The number of aromatic nitrogens is 2. The van der Waals surface area contributed by atoms with Gasteiger partial charge in [0.15, 0.2) is 5.88 Å². The number of rotatable bonds is 11. The zero-order valence-corrected chi connectivity index (χ0v) is 24.4. The lowest BCUT2D eigenvalue weighted by Crippen LogP contribution is -2.15. The fraction of sp³-hybridized carbons (Fsp3) is 0.382. The van der Waals surface area contributed by atoms with Gasteiger partial charge in [-0.1, -0.05) is 30.3 Å². The Labute approximate surface area is 240 Å². The minimum atomic E-state index is -0.135. The van der Waals surface area contributed by atoms with Crippen molar-refractivity contribution >= 4 is 38.5 Å². The number of H-pyrrole nitrogens is 1. The SMILES string of the molecule is CC(C)OCc1ccc2c(c1)c1c3c[nH]c(O)c3c3c(c1n2CCCOC(=O)CCCN(C)C)Cc1ccccc1-3. The molecule has 1 aliphatic carbocycles. The quantitative estimate of drug-likeness (QED) is 0.137. The molecule has 0 saturated carbocycles. The maximum atomic E-state index is 12.3. The lowest BCUT2D eigenvalue weighted by molar-refractivity contribution is -0.143. The Balaban J connectivity index is 1.43. The van der Waals surface area contributed by atoms with Crippen molar-refractivity contribution in [3.63, 3.8) is 0 Å². The second kappa shape index (κ2) is 11.2. The highest BCUT2D eigenvalue weighted by Gasteiger charge is 2.29. The normalized spacial score (nSPS) is 12.7. The van der Waals surface area contributed by atoms with Crippen LogP contribution >= 0.6 is 0 Å². The summed E-state index contributed by atoms with van der Waals surface area (Å²) < 4.78 is 13.9. The number of benzene rings is 3. The Morgan fingerprint density at radius 1 is 1.10 bits per heavy atom. The van der Waals surface area contributed by atoms with Gasteiger partial charge in [0.2, 0.25) is 0 Å². The third-order valence-corrected chi connectivity index (χ3v) is 8.11. The summed E-state index contributed by atoms with van der Waals surface area (Å²) in [5.41, 5.74) is 8.25. The van der Waals surface area contributed by atoms with Crippen LogP contribution in [0.5, 0.6) is 5.88 Å². The fourth-order valence-electron chi connectivity index (χ4n) is 6.30. The van der Waals surface area contributed by atoms with E-state index in [1.165, 1.54) is 22.2 Å². The van der Waals surface area contributed by atoms with Crippen LogP contribution in [0.3, 0.4) is 0 Å². The molecule has 3 aromatic carbocycles. The second-order valence-corrected chi connectivity index (χ2v) is 11.7. The molecular formula is C34H39N3O4. The number of aromatic hydroxyl groups is 1. The maximum Gasteiger partial charge on any atom is 0.305 e. The molecule has 5 aromatic rings. The maximum absolute atomic E-state index is 12.3. The summed E-state index contributed by atoms with van der Waals surface area (Å²) in [5, 5.41) is 15.2. The first kappa shape index (κ1) is 27.4. The van der Waals surface area contributed by atoms with Crippen molar-refractivity contribution in [1.29, 1.82) is 0 Å². The summed E-state index contributed by atoms with van der Waals surface area (Å²) >= 11 is 0. The van der Waals surface area contributed by atoms with Crippen LogP contribution in [0.2, 0.25) is 0 Å². The van der Waals surface area contributed by atoms with Gasteiger partial charge >= 0.3 is 5.97 Å². The highest BCUT2D eigenvalue weighted by Crippen LogP contribution is 2.50. The molecule has 0 atom stereocenters. The number of nitrogens with zero attached hydrogens (tertiary/aromatic N) is 2. The monoisotopic (exact) mass is 553 g/mol. The van der Waals surface area contributed by atoms with Crippen LogP contribution < -0.4 is 0 Å². The largest absolute Gasteiger partial charge is 0.494 e. The average Bonchev–Trinajstić information content (AvgIpc) is 3.61. The van der Waals surface area contributed by atoms with E-state index in [0.29, 0.717) is 26.1 Å². The van der Waals surface area contributed by atoms with Gasteiger partial charge in [-0.3, -0.25) is 4.79 Å². The number of ether oxygens (including phenoxy) is 2. The minimum Gasteiger partial charge on any atom is -0.494 e. The van der Waals surface area contributed by atoms with Gasteiger partial charge in [-0.15, -0.1) is 0 Å². The zero-order valence-electron chi connectivity index (χ0n) is 24.4. The fourth-order valence-corrected chi connectivity index (χ4v) is 6.30.